The van der Waals surface area contributed by atoms with Crippen molar-refractivity contribution in [3.63, 3.8) is 0 Å². The Morgan fingerprint density at radius 1 is 1.24 bits per heavy atom. The molecule has 0 bridgehead atoms. The van der Waals surface area contributed by atoms with Crippen LogP contribution in [0.25, 0.3) is 0 Å². The number of hydrogen-bond donors (Lipinski definition) is 1. The second-order valence-electron chi connectivity index (χ2n) is 7.13. The van der Waals surface area contributed by atoms with E-state index in [2.05, 4.69) is 5.32 Å². The molecule has 25 heavy (non-hydrogen) atoms. The summed E-state index contributed by atoms with van der Waals surface area (Å²) in [6.07, 6.45) is 0. The van der Waals surface area contributed by atoms with Crippen molar-refractivity contribution in [1.82, 2.24) is 0 Å². The molecule has 0 fully saturated rings. The molecule has 0 saturated carbocycles. The van der Waals surface area contributed by atoms with E-state index in [-0.39, 0.29) is 22.8 Å². The lowest BCUT2D eigenvalue weighted by molar-refractivity contribution is -0.115. The Morgan fingerprint density at radius 2 is 1.88 bits per heavy atom. The molecule has 1 N–H and O–H groups in total. The summed E-state index contributed by atoms with van der Waals surface area (Å²) in [5, 5.41) is 12.1. The zero-order chi connectivity index (χ0) is 18.9. The summed E-state index contributed by atoms with van der Waals surface area (Å²) in [6.45, 7) is 9.25. The third-order valence-electron chi connectivity index (χ3n) is 4.32. The first kappa shape index (κ1) is 18.4. The second-order valence-corrected chi connectivity index (χ2v) is 7.13. The molecule has 1 amide bonds. The molecule has 0 aliphatic rings. The molecule has 130 valence electrons. The number of carbonyl (C=O) groups is 1. The molecule has 6 nitrogen and oxygen atoms in total. The molecule has 0 radical (unpaired) electrons. The molecule has 1 unspecified atom stereocenters. The van der Waals surface area contributed by atoms with Gasteiger partial charge in [-0.05, 0) is 30.5 Å². The Morgan fingerprint density at radius 3 is 2.40 bits per heavy atom. The van der Waals surface area contributed by atoms with E-state index in [1.165, 1.54) is 17.9 Å². The molecule has 0 spiro atoms. The van der Waals surface area contributed by atoms with Crippen LogP contribution in [0.15, 0.2) is 33.9 Å². The van der Waals surface area contributed by atoms with Gasteiger partial charge in [0.05, 0.1) is 17.3 Å². The third kappa shape index (κ3) is 3.45. The van der Waals surface area contributed by atoms with Crippen molar-refractivity contribution in [3.05, 3.63) is 50.3 Å². The number of nitrogens with one attached hydrogen (secondary N) is 1. The summed E-state index contributed by atoms with van der Waals surface area (Å²) in [5.74, 6) is -0.409. The SMILES string of the molecule is CC(=O)N(c1cccc(C#N)c1)c1c(NC(C)C(C)(C)C)c(=O)c1=O. The number of nitrogens with zero attached hydrogens (tertiary/aromatic N) is 2. The van der Waals surface area contributed by atoms with Gasteiger partial charge in [-0.3, -0.25) is 19.3 Å². The van der Waals surface area contributed by atoms with E-state index in [9.17, 15) is 14.4 Å². The number of amides is 1. The number of nitriles is 1. The highest BCUT2D eigenvalue weighted by atomic mass is 16.2. The highest BCUT2D eigenvalue weighted by Crippen LogP contribution is 2.31. The fourth-order valence-electron chi connectivity index (χ4n) is 2.34. The molecule has 6 heteroatoms. The minimum atomic E-state index is -0.707. The van der Waals surface area contributed by atoms with Crippen molar-refractivity contribution in [2.75, 3.05) is 10.2 Å². The number of anilines is 3. The van der Waals surface area contributed by atoms with E-state index in [1.54, 1.807) is 18.2 Å². The summed E-state index contributed by atoms with van der Waals surface area (Å²) in [5.41, 5.74) is -0.563. The van der Waals surface area contributed by atoms with E-state index < -0.39 is 16.8 Å². The average molecular weight is 339 g/mol. The van der Waals surface area contributed by atoms with E-state index in [4.69, 9.17) is 5.26 Å². The molecular weight excluding hydrogens is 318 g/mol. The zero-order valence-electron chi connectivity index (χ0n) is 15.0. The first-order valence-corrected chi connectivity index (χ1v) is 7.98. The quantitative estimate of drug-likeness (QED) is 0.865. The molecule has 2 rings (SSSR count). The molecule has 1 atom stereocenters. The van der Waals surface area contributed by atoms with Crippen LogP contribution in [-0.4, -0.2) is 11.9 Å². The van der Waals surface area contributed by atoms with Crippen LogP contribution >= 0.6 is 0 Å². The molecule has 0 aliphatic heterocycles. The van der Waals surface area contributed by atoms with E-state index in [0.717, 1.165) is 0 Å². The van der Waals surface area contributed by atoms with Crippen LogP contribution in [0.4, 0.5) is 17.1 Å². The maximum atomic E-state index is 12.2. The van der Waals surface area contributed by atoms with Crippen molar-refractivity contribution >= 4 is 23.0 Å². The lowest BCUT2D eigenvalue weighted by Crippen LogP contribution is -2.45. The van der Waals surface area contributed by atoms with Gasteiger partial charge >= 0.3 is 0 Å². The number of benzene rings is 1. The van der Waals surface area contributed by atoms with Crippen molar-refractivity contribution in [2.24, 2.45) is 5.41 Å². The summed E-state index contributed by atoms with van der Waals surface area (Å²) in [6, 6.07) is 8.27. The topological polar surface area (TPSA) is 90.3 Å². The monoisotopic (exact) mass is 339 g/mol. The molecule has 0 heterocycles. The van der Waals surface area contributed by atoms with Crippen LogP contribution in [0.5, 0.6) is 0 Å². The van der Waals surface area contributed by atoms with Crippen LogP contribution < -0.4 is 21.1 Å². The number of rotatable bonds is 4. The standard InChI is InChI=1S/C19H21N3O3/c1-11(19(3,4)5)21-15-16(18(25)17(15)24)22(12(2)23)14-8-6-7-13(9-14)10-20/h6-9,11,21H,1-5H3. The van der Waals surface area contributed by atoms with Gasteiger partial charge in [0.1, 0.15) is 11.4 Å². The van der Waals surface area contributed by atoms with Crippen molar-refractivity contribution in [3.8, 4) is 6.07 Å². The molecule has 2 aromatic rings. The third-order valence-corrected chi connectivity index (χ3v) is 4.32. The van der Waals surface area contributed by atoms with Gasteiger partial charge in [0.25, 0.3) is 10.9 Å². The normalized spacial score (nSPS) is 12.5. The molecule has 2 aromatic carbocycles. The molecule has 0 aliphatic carbocycles. The zero-order valence-corrected chi connectivity index (χ0v) is 15.0. The van der Waals surface area contributed by atoms with Crippen molar-refractivity contribution in [2.45, 2.75) is 40.7 Å². The Hall–Kier alpha value is -2.94. The predicted molar refractivity (Wildman–Crippen MR) is 97.9 cm³/mol. The average Bonchev–Trinajstić information content (AvgIpc) is 2.56. The number of carbonyl (C=O) groups excluding carboxylic acids is 1. The molecule has 0 aromatic heterocycles. The summed E-state index contributed by atoms with van der Waals surface area (Å²) < 4.78 is 0. The Bertz CT molecular complexity index is 925. The minimum Gasteiger partial charge on any atom is -0.377 e. The lowest BCUT2D eigenvalue weighted by Gasteiger charge is -2.32. The van der Waals surface area contributed by atoms with Crippen LogP contribution in [0.3, 0.4) is 0 Å². The van der Waals surface area contributed by atoms with Gasteiger partial charge in [-0.2, -0.15) is 5.26 Å². The smallest absolute Gasteiger partial charge is 0.254 e. The van der Waals surface area contributed by atoms with Crippen molar-refractivity contribution < 1.29 is 4.79 Å². The van der Waals surface area contributed by atoms with E-state index in [0.29, 0.717) is 11.3 Å². The summed E-state index contributed by atoms with van der Waals surface area (Å²) in [4.78, 5) is 37.6. The second kappa shape index (κ2) is 6.52. The van der Waals surface area contributed by atoms with Crippen LogP contribution in [-0.2, 0) is 4.79 Å². The Kier molecular flexibility index (Phi) is 4.80. The van der Waals surface area contributed by atoms with Crippen LogP contribution in [0, 0.1) is 16.7 Å². The maximum Gasteiger partial charge on any atom is 0.254 e. The van der Waals surface area contributed by atoms with Gasteiger partial charge in [-0.15, -0.1) is 0 Å². The minimum absolute atomic E-state index is 0.0312. The van der Waals surface area contributed by atoms with Gasteiger partial charge < -0.3 is 5.32 Å². The Labute approximate surface area is 146 Å². The van der Waals surface area contributed by atoms with Crippen molar-refractivity contribution in [1.29, 1.82) is 5.26 Å². The maximum absolute atomic E-state index is 12.2. The lowest BCUT2D eigenvalue weighted by atomic mass is 9.87. The van der Waals surface area contributed by atoms with Gasteiger partial charge in [0.2, 0.25) is 5.91 Å². The van der Waals surface area contributed by atoms with Gasteiger partial charge in [0.15, 0.2) is 0 Å². The summed E-state index contributed by atoms with van der Waals surface area (Å²) >= 11 is 0. The van der Waals surface area contributed by atoms with E-state index >= 15 is 0 Å². The fraction of sp³-hybridized carbons (Fsp3) is 0.368. The van der Waals surface area contributed by atoms with Gasteiger partial charge in [-0.1, -0.05) is 26.8 Å². The first-order valence-electron chi connectivity index (χ1n) is 7.98. The number of hydrogen-bond acceptors (Lipinski definition) is 5. The fourth-order valence-corrected chi connectivity index (χ4v) is 2.34. The highest BCUT2D eigenvalue weighted by molar-refractivity contribution is 6.03. The highest BCUT2D eigenvalue weighted by Gasteiger charge is 2.32. The van der Waals surface area contributed by atoms with E-state index in [1.807, 2.05) is 33.8 Å². The van der Waals surface area contributed by atoms with Gasteiger partial charge in [0, 0.05) is 13.0 Å². The predicted octanol–water partition coefficient (Wildman–Crippen LogP) is 2.69. The van der Waals surface area contributed by atoms with Gasteiger partial charge in [-0.25, -0.2) is 0 Å². The summed E-state index contributed by atoms with van der Waals surface area (Å²) in [7, 11) is 0. The largest absolute Gasteiger partial charge is 0.377 e. The molecule has 0 saturated heterocycles. The van der Waals surface area contributed by atoms with Crippen LogP contribution in [0.2, 0.25) is 0 Å². The van der Waals surface area contributed by atoms with Crippen LogP contribution in [0.1, 0.15) is 40.2 Å². The first-order chi connectivity index (χ1) is 11.6. The molecular formula is C19H21N3O3. The Balaban J connectivity index is 2.53.